The Hall–Kier alpha value is -1.22. The van der Waals surface area contributed by atoms with E-state index in [0.29, 0.717) is 6.42 Å². The number of benzene rings is 1. The van der Waals surface area contributed by atoms with Crippen molar-refractivity contribution in [2.75, 3.05) is 6.61 Å². The number of halogens is 1. The van der Waals surface area contributed by atoms with Gasteiger partial charge in [0.1, 0.15) is 5.82 Å². The molecule has 0 saturated carbocycles. The number of ether oxygens (including phenoxy) is 1. The second kappa shape index (κ2) is 4.53. The maximum Gasteiger partial charge on any atom is 0.168 e. The normalized spacial score (nSPS) is 20.5. The molecule has 0 N–H and O–H groups in total. The summed E-state index contributed by atoms with van der Waals surface area (Å²) in [7, 11) is 0. The predicted octanol–water partition coefficient (Wildman–Crippen LogP) is 2.58. The third kappa shape index (κ3) is 2.42. The Bertz CT molecular complexity index is 356. The van der Waals surface area contributed by atoms with Gasteiger partial charge in [-0.25, -0.2) is 4.39 Å². The molecule has 1 atom stereocenters. The minimum absolute atomic E-state index is 0.0166. The zero-order chi connectivity index (χ0) is 10.7. The maximum atomic E-state index is 13.3. The van der Waals surface area contributed by atoms with Gasteiger partial charge in [-0.3, -0.25) is 4.79 Å². The van der Waals surface area contributed by atoms with E-state index < -0.39 is 5.82 Å². The average Bonchev–Trinajstić information content (AvgIpc) is 2.71. The van der Waals surface area contributed by atoms with E-state index in [4.69, 9.17) is 4.74 Å². The third-order valence-electron chi connectivity index (χ3n) is 2.61. The molecule has 1 unspecified atom stereocenters. The van der Waals surface area contributed by atoms with Crippen LogP contribution < -0.4 is 0 Å². The van der Waals surface area contributed by atoms with Crippen LogP contribution >= 0.6 is 0 Å². The van der Waals surface area contributed by atoms with Crippen molar-refractivity contribution in [1.29, 1.82) is 0 Å². The van der Waals surface area contributed by atoms with Crippen molar-refractivity contribution in [2.24, 2.45) is 0 Å². The monoisotopic (exact) mass is 208 g/mol. The molecule has 1 aliphatic heterocycles. The van der Waals surface area contributed by atoms with Gasteiger partial charge in [-0.05, 0) is 25.0 Å². The number of ketones is 1. The first-order chi connectivity index (χ1) is 7.27. The van der Waals surface area contributed by atoms with Gasteiger partial charge in [0.05, 0.1) is 11.7 Å². The van der Waals surface area contributed by atoms with Gasteiger partial charge >= 0.3 is 0 Å². The molecule has 1 fully saturated rings. The van der Waals surface area contributed by atoms with Crippen LogP contribution in [-0.2, 0) is 4.74 Å². The molecule has 0 bridgehead atoms. The van der Waals surface area contributed by atoms with Gasteiger partial charge in [0.15, 0.2) is 5.78 Å². The van der Waals surface area contributed by atoms with Gasteiger partial charge in [0.25, 0.3) is 0 Å². The van der Waals surface area contributed by atoms with Crippen molar-refractivity contribution in [3.63, 3.8) is 0 Å². The van der Waals surface area contributed by atoms with Crippen LogP contribution in [0.2, 0.25) is 0 Å². The highest BCUT2D eigenvalue weighted by molar-refractivity contribution is 5.96. The Morgan fingerprint density at radius 1 is 1.47 bits per heavy atom. The summed E-state index contributed by atoms with van der Waals surface area (Å²) in [4.78, 5) is 11.7. The van der Waals surface area contributed by atoms with Gasteiger partial charge < -0.3 is 4.74 Å². The first kappa shape index (κ1) is 10.3. The molecule has 0 aliphatic carbocycles. The Morgan fingerprint density at radius 3 is 2.93 bits per heavy atom. The number of hydrogen-bond donors (Lipinski definition) is 0. The van der Waals surface area contributed by atoms with Crippen molar-refractivity contribution >= 4 is 5.78 Å². The summed E-state index contributed by atoms with van der Waals surface area (Å²) in [5.74, 6) is -0.611. The van der Waals surface area contributed by atoms with Crippen molar-refractivity contribution < 1.29 is 13.9 Å². The molecule has 80 valence electrons. The van der Waals surface area contributed by atoms with Crippen molar-refractivity contribution in [2.45, 2.75) is 25.4 Å². The lowest BCUT2D eigenvalue weighted by Gasteiger charge is -2.08. The standard InChI is InChI=1S/C12H13FO2/c13-11-6-2-1-5-10(11)12(14)8-9-4-3-7-15-9/h1-2,5-6,9H,3-4,7-8H2. The number of Topliss-reactive ketones (excluding diaryl/α,β-unsaturated/α-hetero) is 1. The Labute approximate surface area is 88.1 Å². The summed E-state index contributed by atoms with van der Waals surface area (Å²) in [6.07, 6.45) is 2.17. The quantitative estimate of drug-likeness (QED) is 0.713. The predicted molar refractivity (Wildman–Crippen MR) is 54.3 cm³/mol. The first-order valence-electron chi connectivity index (χ1n) is 5.16. The first-order valence-corrected chi connectivity index (χ1v) is 5.16. The Balaban J connectivity index is 2.04. The lowest BCUT2D eigenvalue weighted by molar-refractivity contribution is 0.0772. The van der Waals surface area contributed by atoms with Crippen LogP contribution in [0.4, 0.5) is 4.39 Å². The van der Waals surface area contributed by atoms with Crippen LogP contribution in [0, 0.1) is 5.82 Å². The van der Waals surface area contributed by atoms with Crippen LogP contribution in [-0.4, -0.2) is 18.5 Å². The lowest BCUT2D eigenvalue weighted by Crippen LogP contribution is -2.13. The SMILES string of the molecule is O=C(CC1CCCO1)c1ccccc1F. The van der Waals surface area contributed by atoms with E-state index in [0.717, 1.165) is 19.4 Å². The maximum absolute atomic E-state index is 13.3. The molecule has 1 heterocycles. The fourth-order valence-electron chi connectivity index (χ4n) is 1.81. The van der Waals surface area contributed by atoms with Crippen LogP contribution in [0.3, 0.4) is 0 Å². The molecular formula is C12H13FO2. The highest BCUT2D eigenvalue weighted by Gasteiger charge is 2.21. The van der Waals surface area contributed by atoms with Crippen molar-refractivity contribution in [1.82, 2.24) is 0 Å². The van der Waals surface area contributed by atoms with Crippen LogP contribution in [0.25, 0.3) is 0 Å². The topological polar surface area (TPSA) is 26.3 Å². The summed E-state index contributed by atoms with van der Waals surface area (Å²) in [6.45, 7) is 0.717. The lowest BCUT2D eigenvalue weighted by atomic mass is 10.0. The van der Waals surface area contributed by atoms with Crippen LogP contribution in [0.5, 0.6) is 0 Å². The van der Waals surface area contributed by atoms with Gasteiger partial charge in [-0.2, -0.15) is 0 Å². The van der Waals surface area contributed by atoms with Gasteiger partial charge in [0, 0.05) is 13.0 Å². The van der Waals surface area contributed by atoms with E-state index in [2.05, 4.69) is 0 Å². The van der Waals surface area contributed by atoms with Crippen molar-refractivity contribution in [3.05, 3.63) is 35.6 Å². The molecule has 0 radical (unpaired) electrons. The second-order valence-corrected chi connectivity index (χ2v) is 3.74. The number of carbonyl (C=O) groups is 1. The van der Waals surface area contributed by atoms with Crippen molar-refractivity contribution in [3.8, 4) is 0 Å². The van der Waals surface area contributed by atoms with E-state index in [-0.39, 0.29) is 17.5 Å². The highest BCUT2D eigenvalue weighted by atomic mass is 19.1. The Morgan fingerprint density at radius 2 is 2.27 bits per heavy atom. The molecule has 15 heavy (non-hydrogen) atoms. The number of hydrogen-bond acceptors (Lipinski definition) is 2. The Kier molecular flexibility index (Phi) is 3.11. The summed E-state index contributed by atoms with van der Waals surface area (Å²) in [5.41, 5.74) is 0.174. The molecule has 1 aromatic carbocycles. The molecule has 1 aliphatic rings. The summed E-state index contributed by atoms with van der Waals surface area (Å²) >= 11 is 0. The summed E-state index contributed by atoms with van der Waals surface area (Å²) in [5, 5.41) is 0. The molecule has 2 rings (SSSR count). The summed E-state index contributed by atoms with van der Waals surface area (Å²) < 4.78 is 18.6. The number of rotatable bonds is 3. The fraction of sp³-hybridized carbons (Fsp3) is 0.417. The molecule has 1 saturated heterocycles. The average molecular weight is 208 g/mol. The van der Waals surface area contributed by atoms with E-state index in [1.165, 1.54) is 12.1 Å². The van der Waals surface area contributed by atoms with Crippen LogP contribution in [0.15, 0.2) is 24.3 Å². The molecule has 2 nitrogen and oxygen atoms in total. The van der Waals surface area contributed by atoms with Crippen LogP contribution in [0.1, 0.15) is 29.6 Å². The second-order valence-electron chi connectivity index (χ2n) is 3.74. The largest absolute Gasteiger partial charge is 0.378 e. The molecule has 0 spiro atoms. The third-order valence-corrected chi connectivity index (χ3v) is 2.61. The van der Waals surface area contributed by atoms with E-state index >= 15 is 0 Å². The summed E-state index contributed by atoms with van der Waals surface area (Å²) in [6, 6.07) is 6.08. The minimum Gasteiger partial charge on any atom is -0.378 e. The molecule has 0 aromatic heterocycles. The zero-order valence-electron chi connectivity index (χ0n) is 8.41. The van der Waals surface area contributed by atoms with Gasteiger partial charge in [-0.15, -0.1) is 0 Å². The van der Waals surface area contributed by atoms with E-state index in [9.17, 15) is 9.18 Å². The number of carbonyl (C=O) groups excluding carboxylic acids is 1. The smallest absolute Gasteiger partial charge is 0.168 e. The minimum atomic E-state index is -0.444. The van der Waals surface area contributed by atoms with E-state index in [1.54, 1.807) is 12.1 Å². The van der Waals surface area contributed by atoms with Gasteiger partial charge in [-0.1, -0.05) is 12.1 Å². The highest BCUT2D eigenvalue weighted by Crippen LogP contribution is 2.18. The zero-order valence-corrected chi connectivity index (χ0v) is 8.41. The fourth-order valence-corrected chi connectivity index (χ4v) is 1.81. The molecule has 1 aromatic rings. The molecular weight excluding hydrogens is 195 g/mol. The molecule has 3 heteroatoms. The molecule has 0 amide bonds. The van der Waals surface area contributed by atoms with Gasteiger partial charge in [0.2, 0.25) is 0 Å². The van der Waals surface area contributed by atoms with E-state index in [1.807, 2.05) is 0 Å².